The lowest BCUT2D eigenvalue weighted by molar-refractivity contribution is -0.154. The topological polar surface area (TPSA) is 151 Å². The van der Waals surface area contributed by atoms with Gasteiger partial charge in [0.25, 0.3) is 10.1 Å². The molecule has 0 fully saturated rings. The SMILES string of the molecule is CCN(CC)C(=O)[C@@H](N=[N+]=[N-])[C@@H](OCc1ccccc1)[C@H](O)[C@@H](COS(=O)(=O)c1ccc(C)cc1)OCc1ccccc1. The van der Waals surface area contributed by atoms with Crippen LogP contribution in [0, 0.1) is 6.92 Å². The van der Waals surface area contributed by atoms with E-state index in [1.54, 1.807) is 38.1 Å². The molecule has 43 heavy (non-hydrogen) atoms. The van der Waals surface area contributed by atoms with Crippen molar-refractivity contribution in [3.05, 3.63) is 112 Å². The molecule has 11 nitrogen and oxygen atoms in total. The summed E-state index contributed by atoms with van der Waals surface area (Å²) in [7, 11) is -4.23. The van der Waals surface area contributed by atoms with Crippen molar-refractivity contribution in [1.29, 1.82) is 0 Å². The van der Waals surface area contributed by atoms with Gasteiger partial charge in [-0.1, -0.05) is 83.5 Å². The molecule has 0 radical (unpaired) electrons. The first-order chi connectivity index (χ1) is 20.7. The van der Waals surface area contributed by atoms with Crippen molar-refractivity contribution < 1.29 is 32.0 Å². The van der Waals surface area contributed by atoms with E-state index in [2.05, 4.69) is 10.0 Å². The van der Waals surface area contributed by atoms with Crippen LogP contribution in [-0.2, 0) is 41.8 Å². The lowest BCUT2D eigenvalue weighted by Crippen LogP contribution is -2.53. The average Bonchev–Trinajstić information content (AvgIpc) is 3.02. The Morgan fingerprint density at radius 2 is 1.44 bits per heavy atom. The summed E-state index contributed by atoms with van der Waals surface area (Å²) in [6.45, 7) is 5.42. The largest absolute Gasteiger partial charge is 0.388 e. The van der Waals surface area contributed by atoms with Gasteiger partial charge in [-0.3, -0.25) is 8.98 Å². The van der Waals surface area contributed by atoms with Crippen LogP contribution >= 0.6 is 0 Å². The van der Waals surface area contributed by atoms with Gasteiger partial charge in [-0.15, -0.1) is 0 Å². The van der Waals surface area contributed by atoms with Crippen molar-refractivity contribution >= 4 is 16.0 Å². The smallest absolute Gasteiger partial charge is 0.297 e. The van der Waals surface area contributed by atoms with Crippen molar-refractivity contribution in [2.75, 3.05) is 19.7 Å². The molecule has 4 atom stereocenters. The van der Waals surface area contributed by atoms with Gasteiger partial charge in [-0.25, -0.2) is 0 Å². The molecule has 3 rings (SSSR count). The molecule has 3 aromatic carbocycles. The summed E-state index contributed by atoms with van der Waals surface area (Å²) in [6.07, 6.45) is -4.35. The van der Waals surface area contributed by atoms with Gasteiger partial charge in [0.15, 0.2) is 0 Å². The van der Waals surface area contributed by atoms with Gasteiger partial charge >= 0.3 is 0 Å². The molecule has 0 aliphatic heterocycles. The quantitative estimate of drug-likeness (QED) is 0.1000. The second kappa shape index (κ2) is 16.8. The molecule has 0 saturated carbocycles. The number of amides is 1. The van der Waals surface area contributed by atoms with Gasteiger partial charge in [-0.2, -0.15) is 8.42 Å². The standard InChI is InChI=1S/C31H38N4O7S/c1-4-35(5-2)31(37)28(33-34-32)30(41-21-25-14-10-7-11-15-25)29(36)27(40-20-24-12-8-6-9-13-24)22-42-43(38,39)26-18-16-23(3)17-19-26/h6-19,27-30,36H,4-5,20-22H2,1-3H3/t27-,28+,29-,30-/m1/s1. The van der Waals surface area contributed by atoms with Gasteiger partial charge in [0.2, 0.25) is 5.91 Å². The summed E-state index contributed by atoms with van der Waals surface area (Å²) in [4.78, 5) is 17.8. The number of rotatable bonds is 17. The first kappa shape index (κ1) is 33.7. The van der Waals surface area contributed by atoms with Gasteiger partial charge in [0.1, 0.15) is 24.4 Å². The lowest BCUT2D eigenvalue weighted by Gasteiger charge is -2.34. The molecule has 3 aromatic rings. The Labute approximate surface area is 252 Å². The van der Waals surface area contributed by atoms with E-state index >= 15 is 0 Å². The number of benzene rings is 3. The Bertz CT molecular complexity index is 1430. The highest BCUT2D eigenvalue weighted by Crippen LogP contribution is 2.22. The number of nitrogens with zero attached hydrogens (tertiary/aromatic N) is 4. The van der Waals surface area contributed by atoms with E-state index in [1.807, 2.05) is 55.5 Å². The van der Waals surface area contributed by atoms with Crippen LogP contribution in [0.2, 0.25) is 0 Å². The Hall–Kier alpha value is -3.77. The number of azide groups is 1. The fraction of sp³-hybridized carbons (Fsp3) is 0.387. The Balaban J connectivity index is 1.96. The van der Waals surface area contributed by atoms with Crippen LogP contribution in [0.1, 0.15) is 30.5 Å². The normalized spacial score (nSPS) is 14.2. The summed E-state index contributed by atoms with van der Waals surface area (Å²) in [6, 6.07) is 22.8. The van der Waals surface area contributed by atoms with Crippen molar-refractivity contribution in [3.8, 4) is 0 Å². The average molecular weight is 611 g/mol. The molecule has 0 spiro atoms. The first-order valence-electron chi connectivity index (χ1n) is 14.0. The maximum absolute atomic E-state index is 13.5. The third-order valence-corrected chi connectivity index (χ3v) is 8.12. The first-order valence-corrected chi connectivity index (χ1v) is 15.4. The van der Waals surface area contributed by atoms with Crippen LogP contribution in [0.15, 0.2) is 94.9 Å². The Kier molecular flexibility index (Phi) is 13.1. The maximum Gasteiger partial charge on any atom is 0.297 e. The van der Waals surface area contributed by atoms with Crippen molar-refractivity contribution in [2.24, 2.45) is 5.11 Å². The molecule has 1 N–H and O–H groups in total. The molecule has 0 bridgehead atoms. The highest BCUT2D eigenvalue weighted by atomic mass is 32.2. The minimum Gasteiger partial charge on any atom is -0.388 e. The molecule has 12 heteroatoms. The third-order valence-electron chi connectivity index (χ3n) is 6.82. The summed E-state index contributed by atoms with van der Waals surface area (Å²) in [5.41, 5.74) is 11.8. The van der Waals surface area contributed by atoms with Gasteiger partial charge in [-0.05, 0) is 49.6 Å². The molecule has 0 aliphatic carbocycles. The van der Waals surface area contributed by atoms with E-state index in [0.29, 0.717) is 13.1 Å². The minimum absolute atomic E-state index is 0.00190. The van der Waals surface area contributed by atoms with Crippen LogP contribution in [0.4, 0.5) is 0 Å². The van der Waals surface area contributed by atoms with E-state index in [9.17, 15) is 23.8 Å². The summed E-state index contributed by atoms with van der Waals surface area (Å²) >= 11 is 0. The third kappa shape index (κ3) is 9.89. The fourth-order valence-electron chi connectivity index (χ4n) is 4.34. The van der Waals surface area contributed by atoms with Crippen LogP contribution in [-0.4, -0.2) is 68.4 Å². The highest BCUT2D eigenvalue weighted by Gasteiger charge is 2.40. The van der Waals surface area contributed by atoms with E-state index in [4.69, 9.17) is 13.7 Å². The van der Waals surface area contributed by atoms with Crippen LogP contribution in [0.3, 0.4) is 0 Å². The van der Waals surface area contributed by atoms with Gasteiger partial charge < -0.3 is 19.5 Å². The number of likely N-dealkylation sites (N-methyl/N-ethyl adjacent to an activating group) is 1. The molecule has 0 aromatic heterocycles. The van der Waals surface area contributed by atoms with E-state index in [0.717, 1.165) is 16.7 Å². The molecule has 0 aliphatic rings. The number of ether oxygens (including phenoxy) is 2. The molecule has 0 saturated heterocycles. The van der Waals surface area contributed by atoms with E-state index in [-0.39, 0.29) is 18.1 Å². The summed E-state index contributed by atoms with van der Waals surface area (Å²) < 4.78 is 43.5. The van der Waals surface area contributed by atoms with Crippen LogP contribution in [0.5, 0.6) is 0 Å². The van der Waals surface area contributed by atoms with E-state index in [1.165, 1.54) is 17.0 Å². The summed E-state index contributed by atoms with van der Waals surface area (Å²) in [5, 5.41) is 15.5. The molecular formula is C31H38N4O7S. The minimum atomic E-state index is -4.23. The second-order valence-corrected chi connectivity index (χ2v) is 11.4. The zero-order valence-electron chi connectivity index (χ0n) is 24.5. The predicted octanol–water partition coefficient (Wildman–Crippen LogP) is 4.78. The maximum atomic E-state index is 13.5. The molecule has 230 valence electrons. The number of aliphatic hydroxyl groups is 1. The molecule has 0 heterocycles. The summed E-state index contributed by atoms with van der Waals surface area (Å²) in [5.74, 6) is -0.546. The monoisotopic (exact) mass is 610 g/mol. The number of aryl methyl sites for hydroxylation is 1. The van der Waals surface area contributed by atoms with Crippen molar-refractivity contribution in [3.63, 3.8) is 0 Å². The second-order valence-electron chi connectivity index (χ2n) is 9.80. The fourth-order valence-corrected chi connectivity index (χ4v) is 5.26. The molecule has 0 unspecified atom stereocenters. The van der Waals surface area contributed by atoms with E-state index < -0.39 is 47.0 Å². The number of carbonyl (C=O) groups is 1. The zero-order chi connectivity index (χ0) is 31.2. The number of hydrogen-bond acceptors (Lipinski definition) is 8. The zero-order valence-corrected chi connectivity index (χ0v) is 25.3. The van der Waals surface area contributed by atoms with Gasteiger partial charge in [0.05, 0.1) is 24.7 Å². The van der Waals surface area contributed by atoms with Crippen LogP contribution in [0.25, 0.3) is 10.4 Å². The van der Waals surface area contributed by atoms with Crippen molar-refractivity contribution in [1.82, 2.24) is 4.90 Å². The number of aliphatic hydroxyl groups excluding tert-OH is 1. The van der Waals surface area contributed by atoms with Crippen molar-refractivity contribution in [2.45, 2.75) is 63.2 Å². The molecule has 1 amide bonds. The molecular weight excluding hydrogens is 572 g/mol. The predicted molar refractivity (Wildman–Crippen MR) is 161 cm³/mol. The lowest BCUT2D eigenvalue weighted by atomic mass is 9.99. The highest BCUT2D eigenvalue weighted by molar-refractivity contribution is 7.86. The Morgan fingerprint density at radius 3 is 1.95 bits per heavy atom. The van der Waals surface area contributed by atoms with Crippen LogP contribution < -0.4 is 0 Å². The number of carbonyl (C=O) groups excluding carboxylic acids is 1. The Morgan fingerprint density at radius 1 is 0.907 bits per heavy atom. The van der Waals surface area contributed by atoms with Gasteiger partial charge in [0, 0.05) is 18.0 Å². The number of hydrogen-bond donors (Lipinski definition) is 1.